The molecule has 0 saturated carbocycles. The van der Waals surface area contributed by atoms with E-state index in [0.29, 0.717) is 24.8 Å². The molecule has 0 fully saturated rings. The Labute approximate surface area is 166 Å². The molecule has 2 rings (SSSR count). The number of hydrogen-bond donors (Lipinski definition) is 3. The van der Waals surface area contributed by atoms with E-state index in [0.717, 1.165) is 42.3 Å². The fourth-order valence-electron chi connectivity index (χ4n) is 2.51. The van der Waals surface area contributed by atoms with Gasteiger partial charge in [0.1, 0.15) is 6.61 Å². The Kier molecular flexibility index (Phi) is 9.42. The third-order valence-corrected chi connectivity index (χ3v) is 4.11. The molecular formula is C21H29ClN2O3. The van der Waals surface area contributed by atoms with Crippen LogP contribution < -0.4 is 20.1 Å². The van der Waals surface area contributed by atoms with Crippen LogP contribution in [0.3, 0.4) is 0 Å². The summed E-state index contributed by atoms with van der Waals surface area (Å²) >= 11 is 5.91. The minimum atomic E-state index is -0.320. The Morgan fingerprint density at radius 3 is 2.37 bits per heavy atom. The summed E-state index contributed by atoms with van der Waals surface area (Å²) in [6, 6.07) is 13.6. The molecule has 0 aliphatic heterocycles. The van der Waals surface area contributed by atoms with Gasteiger partial charge in [-0.25, -0.2) is 0 Å². The summed E-state index contributed by atoms with van der Waals surface area (Å²) in [4.78, 5) is 0. The molecule has 2 aromatic rings. The van der Waals surface area contributed by atoms with Gasteiger partial charge >= 0.3 is 0 Å². The molecule has 0 radical (unpaired) electrons. The van der Waals surface area contributed by atoms with Crippen LogP contribution in [-0.4, -0.2) is 37.5 Å². The average Bonchev–Trinajstić information content (AvgIpc) is 2.65. The maximum atomic E-state index is 9.21. The Bertz CT molecular complexity index is 678. The second-order valence-corrected chi connectivity index (χ2v) is 6.80. The van der Waals surface area contributed by atoms with E-state index in [1.54, 1.807) is 6.92 Å². The highest BCUT2D eigenvalue weighted by Gasteiger charge is 2.07. The third-order valence-electron chi connectivity index (χ3n) is 3.86. The number of aliphatic hydroxyl groups excluding tert-OH is 1. The highest BCUT2D eigenvalue weighted by Crippen LogP contribution is 2.29. The fraction of sp³-hybridized carbons (Fsp3) is 0.429. The Morgan fingerprint density at radius 2 is 1.67 bits per heavy atom. The molecule has 0 heterocycles. The van der Waals surface area contributed by atoms with Gasteiger partial charge in [0, 0.05) is 31.2 Å². The summed E-state index contributed by atoms with van der Waals surface area (Å²) in [5.74, 6) is 1.48. The second-order valence-electron chi connectivity index (χ2n) is 6.36. The van der Waals surface area contributed by atoms with E-state index in [9.17, 15) is 5.11 Å². The van der Waals surface area contributed by atoms with Crippen molar-refractivity contribution in [2.75, 3.05) is 26.2 Å². The maximum Gasteiger partial charge on any atom is 0.161 e. The van der Waals surface area contributed by atoms with E-state index in [1.807, 2.05) is 49.4 Å². The SMILES string of the molecule is CCOc1cc(CNCCNCC(C)O)ccc1OCc1ccc(Cl)cc1. The Balaban J connectivity index is 1.86. The lowest BCUT2D eigenvalue weighted by molar-refractivity contribution is 0.191. The van der Waals surface area contributed by atoms with Crippen molar-refractivity contribution in [1.82, 2.24) is 10.6 Å². The van der Waals surface area contributed by atoms with Gasteiger partial charge < -0.3 is 25.2 Å². The van der Waals surface area contributed by atoms with Crippen molar-refractivity contribution in [1.29, 1.82) is 0 Å². The van der Waals surface area contributed by atoms with Crippen LogP contribution in [0.5, 0.6) is 11.5 Å². The molecule has 2 aromatic carbocycles. The first-order chi connectivity index (χ1) is 13.1. The van der Waals surface area contributed by atoms with Gasteiger partial charge in [-0.15, -0.1) is 0 Å². The van der Waals surface area contributed by atoms with Crippen LogP contribution in [0.4, 0.5) is 0 Å². The van der Waals surface area contributed by atoms with Crippen molar-refractivity contribution in [2.45, 2.75) is 33.1 Å². The normalized spacial score (nSPS) is 12.0. The second kappa shape index (κ2) is 11.8. The molecule has 0 bridgehead atoms. The van der Waals surface area contributed by atoms with Gasteiger partial charge in [-0.1, -0.05) is 29.8 Å². The molecule has 6 heteroatoms. The van der Waals surface area contributed by atoms with Crippen LogP contribution in [0.25, 0.3) is 0 Å². The summed E-state index contributed by atoms with van der Waals surface area (Å²) in [7, 11) is 0. The maximum absolute atomic E-state index is 9.21. The zero-order valence-corrected chi connectivity index (χ0v) is 16.8. The number of benzene rings is 2. The van der Waals surface area contributed by atoms with E-state index in [4.69, 9.17) is 21.1 Å². The molecule has 0 spiro atoms. The third kappa shape index (κ3) is 8.18. The first kappa shape index (κ1) is 21.5. The number of rotatable bonds is 12. The summed E-state index contributed by atoms with van der Waals surface area (Å²) in [5, 5.41) is 16.5. The van der Waals surface area contributed by atoms with Crippen molar-refractivity contribution >= 4 is 11.6 Å². The van der Waals surface area contributed by atoms with Crippen molar-refractivity contribution in [3.05, 3.63) is 58.6 Å². The molecule has 0 saturated heterocycles. The van der Waals surface area contributed by atoms with Crippen LogP contribution in [0.2, 0.25) is 5.02 Å². The van der Waals surface area contributed by atoms with Crippen LogP contribution in [-0.2, 0) is 13.2 Å². The molecule has 0 aliphatic carbocycles. The lowest BCUT2D eigenvalue weighted by atomic mass is 10.2. The topological polar surface area (TPSA) is 62.8 Å². The average molecular weight is 393 g/mol. The molecule has 0 aromatic heterocycles. The predicted molar refractivity (Wildman–Crippen MR) is 110 cm³/mol. The quantitative estimate of drug-likeness (QED) is 0.483. The van der Waals surface area contributed by atoms with Crippen molar-refractivity contribution in [2.24, 2.45) is 0 Å². The van der Waals surface area contributed by atoms with Gasteiger partial charge in [-0.3, -0.25) is 0 Å². The van der Waals surface area contributed by atoms with Crippen molar-refractivity contribution in [3.8, 4) is 11.5 Å². The predicted octanol–water partition coefficient (Wildman–Crippen LogP) is 3.38. The molecule has 0 aliphatic rings. The lowest BCUT2D eigenvalue weighted by Crippen LogP contribution is -2.31. The molecule has 0 amide bonds. The highest BCUT2D eigenvalue weighted by molar-refractivity contribution is 6.30. The highest BCUT2D eigenvalue weighted by atomic mass is 35.5. The van der Waals surface area contributed by atoms with E-state index < -0.39 is 0 Å². The lowest BCUT2D eigenvalue weighted by Gasteiger charge is -2.14. The molecule has 27 heavy (non-hydrogen) atoms. The summed E-state index contributed by atoms with van der Waals surface area (Å²) in [6.07, 6.45) is -0.320. The zero-order valence-electron chi connectivity index (χ0n) is 16.0. The molecule has 1 atom stereocenters. The van der Waals surface area contributed by atoms with E-state index in [-0.39, 0.29) is 6.10 Å². The monoisotopic (exact) mass is 392 g/mol. The van der Waals surface area contributed by atoms with Gasteiger partial charge in [-0.2, -0.15) is 0 Å². The largest absolute Gasteiger partial charge is 0.490 e. The number of aliphatic hydroxyl groups is 1. The molecule has 5 nitrogen and oxygen atoms in total. The Hall–Kier alpha value is -1.79. The summed E-state index contributed by atoms with van der Waals surface area (Å²) in [6.45, 7) is 7.76. The number of hydrogen-bond acceptors (Lipinski definition) is 5. The molecule has 148 valence electrons. The van der Waals surface area contributed by atoms with Gasteiger partial charge in [0.05, 0.1) is 12.7 Å². The van der Waals surface area contributed by atoms with E-state index in [1.165, 1.54) is 0 Å². The zero-order chi connectivity index (χ0) is 19.5. The van der Waals surface area contributed by atoms with Crippen LogP contribution in [0, 0.1) is 0 Å². The van der Waals surface area contributed by atoms with Crippen LogP contribution in [0.1, 0.15) is 25.0 Å². The van der Waals surface area contributed by atoms with Crippen molar-refractivity contribution < 1.29 is 14.6 Å². The van der Waals surface area contributed by atoms with E-state index in [2.05, 4.69) is 10.6 Å². The van der Waals surface area contributed by atoms with Crippen molar-refractivity contribution in [3.63, 3.8) is 0 Å². The van der Waals surface area contributed by atoms with Crippen LogP contribution in [0.15, 0.2) is 42.5 Å². The van der Waals surface area contributed by atoms with Gasteiger partial charge in [-0.05, 0) is 49.2 Å². The van der Waals surface area contributed by atoms with Gasteiger partial charge in [0.25, 0.3) is 0 Å². The smallest absolute Gasteiger partial charge is 0.161 e. The standard InChI is InChI=1S/C21H29ClN2O3/c1-3-26-21-12-18(14-24-11-10-23-13-16(2)25)6-9-20(21)27-15-17-4-7-19(22)8-5-17/h4-9,12,16,23-25H,3,10-11,13-15H2,1-2H3. The molecule has 1 unspecified atom stereocenters. The van der Waals surface area contributed by atoms with Gasteiger partial charge in [0.15, 0.2) is 11.5 Å². The van der Waals surface area contributed by atoms with Gasteiger partial charge in [0.2, 0.25) is 0 Å². The summed E-state index contributed by atoms with van der Waals surface area (Å²) in [5.41, 5.74) is 2.19. The number of nitrogens with one attached hydrogen (secondary N) is 2. The first-order valence-corrected chi connectivity index (χ1v) is 9.68. The molecule has 3 N–H and O–H groups in total. The number of halogens is 1. The fourth-order valence-corrected chi connectivity index (χ4v) is 2.64. The minimum absolute atomic E-state index is 0.320. The Morgan fingerprint density at radius 1 is 0.963 bits per heavy atom. The summed E-state index contributed by atoms with van der Waals surface area (Å²) < 4.78 is 11.7. The first-order valence-electron chi connectivity index (χ1n) is 9.31. The van der Waals surface area contributed by atoms with E-state index >= 15 is 0 Å². The number of ether oxygens (including phenoxy) is 2. The molecular weight excluding hydrogens is 364 g/mol. The van der Waals surface area contributed by atoms with Crippen LogP contribution >= 0.6 is 11.6 Å². The minimum Gasteiger partial charge on any atom is -0.490 e.